The van der Waals surface area contributed by atoms with Gasteiger partial charge in [0.25, 0.3) is 0 Å². The van der Waals surface area contributed by atoms with Crippen LogP contribution in [-0.2, 0) is 16.3 Å². The second-order valence-electron chi connectivity index (χ2n) is 6.79. The van der Waals surface area contributed by atoms with E-state index < -0.39 is 5.97 Å². The molecule has 0 aromatic heterocycles. The molecule has 1 N–H and O–H groups in total. The number of carbonyl (C=O) groups is 1. The highest BCUT2D eigenvalue weighted by atomic mass is 17.2. The van der Waals surface area contributed by atoms with Gasteiger partial charge in [0, 0.05) is 6.08 Å². The van der Waals surface area contributed by atoms with Gasteiger partial charge in [-0.3, -0.25) is 0 Å². The van der Waals surface area contributed by atoms with Crippen LogP contribution in [0, 0.1) is 11.8 Å². The molecule has 1 fully saturated rings. The Hall–Kier alpha value is -2.85. The summed E-state index contributed by atoms with van der Waals surface area (Å²) in [5.74, 6) is 1.57. The van der Waals surface area contributed by atoms with Crippen molar-refractivity contribution in [3.8, 4) is 5.75 Å². The first-order chi connectivity index (χ1) is 13.2. The first-order valence-electron chi connectivity index (χ1n) is 9.22. The van der Waals surface area contributed by atoms with Gasteiger partial charge in [0.2, 0.25) is 0 Å². The molecule has 4 nitrogen and oxygen atoms in total. The van der Waals surface area contributed by atoms with Gasteiger partial charge in [-0.2, -0.15) is 4.89 Å². The van der Waals surface area contributed by atoms with E-state index >= 15 is 0 Å². The number of aliphatic carboxylic acids is 1. The zero-order valence-electron chi connectivity index (χ0n) is 15.2. The number of rotatable bonds is 6. The van der Waals surface area contributed by atoms with E-state index in [1.165, 1.54) is 25.3 Å². The van der Waals surface area contributed by atoms with Gasteiger partial charge in [0.1, 0.15) is 6.61 Å². The molecule has 2 atom stereocenters. The lowest BCUT2D eigenvalue weighted by molar-refractivity contribution is -0.217. The van der Waals surface area contributed by atoms with E-state index in [0.717, 1.165) is 29.0 Å². The molecule has 0 heterocycles. The molecule has 0 radical (unpaired) electrons. The monoisotopic (exact) mass is 364 g/mol. The zero-order chi connectivity index (χ0) is 18.9. The van der Waals surface area contributed by atoms with Crippen molar-refractivity contribution in [2.24, 2.45) is 11.8 Å². The van der Waals surface area contributed by atoms with Crippen molar-refractivity contribution in [1.82, 2.24) is 0 Å². The Morgan fingerprint density at radius 2 is 1.67 bits per heavy atom. The van der Waals surface area contributed by atoms with Gasteiger partial charge in [-0.15, -0.1) is 0 Å². The summed E-state index contributed by atoms with van der Waals surface area (Å²) >= 11 is 0. The van der Waals surface area contributed by atoms with Gasteiger partial charge in [-0.1, -0.05) is 54.6 Å². The third-order valence-corrected chi connectivity index (χ3v) is 4.69. The second kappa shape index (κ2) is 9.74. The zero-order valence-corrected chi connectivity index (χ0v) is 15.2. The summed E-state index contributed by atoms with van der Waals surface area (Å²) in [6.07, 6.45) is 11.8. The third-order valence-electron chi connectivity index (χ3n) is 4.69. The smallest absolute Gasteiger partial charge is 0.328 e. The summed E-state index contributed by atoms with van der Waals surface area (Å²) in [6, 6.07) is 16.6. The van der Waals surface area contributed by atoms with Crippen molar-refractivity contribution >= 4 is 12.0 Å². The van der Waals surface area contributed by atoms with Crippen LogP contribution in [-0.4, -0.2) is 11.1 Å². The molecular weight excluding hydrogens is 340 g/mol. The Balaban J connectivity index is 0.000000246. The fraction of sp³-hybridized carbons (Fsp3) is 0.261. The summed E-state index contributed by atoms with van der Waals surface area (Å²) in [5.41, 5.74) is 1.80. The molecule has 0 aliphatic heterocycles. The summed E-state index contributed by atoms with van der Waals surface area (Å²) < 4.78 is 0. The Labute approximate surface area is 159 Å². The molecule has 140 valence electrons. The first kappa shape index (κ1) is 18.9. The summed E-state index contributed by atoms with van der Waals surface area (Å²) in [5, 5.41) is 8.52. The largest absolute Gasteiger partial charge is 0.478 e. The highest BCUT2D eigenvalue weighted by molar-refractivity contribution is 5.85. The van der Waals surface area contributed by atoms with Crippen LogP contribution in [0.1, 0.15) is 30.4 Å². The van der Waals surface area contributed by atoms with Crippen LogP contribution in [0.5, 0.6) is 5.75 Å². The normalized spacial score (nSPS) is 19.7. The average molecular weight is 364 g/mol. The molecule has 0 saturated heterocycles. The van der Waals surface area contributed by atoms with E-state index in [9.17, 15) is 4.79 Å². The van der Waals surface area contributed by atoms with Gasteiger partial charge in [0.15, 0.2) is 5.75 Å². The van der Waals surface area contributed by atoms with Gasteiger partial charge >= 0.3 is 5.97 Å². The van der Waals surface area contributed by atoms with E-state index in [2.05, 4.69) is 12.2 Å². The third kappa shape index (κ3) is 6.42. The Morgan fingerprint density at radius 1 is 1.00 bits per heavy atom. The first-order valence-corrected chi connectivity index (χ1v) is 9.22. The molecule has 0 amide bonds. The number of hydrogen-bond donors (Lipinski definition) is 1. The SMILES string of the molecule is C1=CC2CCC1C2.O=C(O)C=Cc1ccc(OOCc2ccccc2)cc1. The second-order valence-corrected chi connectivity index (χ2v) is 6.79. The molecule has 2 aliphatic rings. The average Bonchev–Trinajstić information content (AvgIpc) is 3.35. The lowest BCUT2D eigenvalue weighted by atomic mass is 10.1. The minimum absolute atomic E-state index is 0.363. The van der Waals surface area contributed by atoms with Gasteiger partial charge in [-0.25, -0.2) is 4.79 Å². The molecule has 2 unspecified atom stereocenters. The molecule has 4 heteroatoms. The molecule has 27 heavy (non-hydrogen) atoms. The molecule has 4 rings (SSSR count). The van der Waals surface area contributed by atoms with Crippen LogP contribution in [0.3, 0.4) is 0 Å². The summed E-state index contributed by atoms with van der Waals surface area (Å²) in [7, 11) is 0. The number of hydrogen-bond acceptors (Lipinski definition) is 3. The number of fused-ring (bicyclic) bond motifs is 2. The van der Waals surface area contributed by atoms with Crippen molar-refractivity contribution in [2.45, 2.75) is 25.9 Å². The van der Waals surface area contributed by atoms with Crippen molar-refractivity contribution in [3.63, 3.8) is 0 Å². The van der Waals surface area contributed by atoms with Crippen molar-refractivity contribution in [2.75, 3.05) is 0 Å². The quantitative estimate of drug-likeness (QED) is 0.328. The van der Waals surface area contributed by atoms with Crippen LogP contribution < -0.4 is 4.89 Å². The Bertz CT molecular complexity index is 766. The van der Waals surface area contributed by atoms with Gasteiger partial charge < -0.3 is 9.99 Å². The van der Waals surface area contributed by atoms with E-state index in [1.807, 2.05) is 30.3 Å². The van der Waals surface area contributed by atoms with Crippen LogP contribution in [0.2, 0.25) is 0 Å². The Kier molecular flexibility index (Phi) is 6.83. The topological polar surface area (TPSA) is 55.8 Å². The summed E-state index contributed by atoms with van der Waals surface area (Å²) in [6.45, 7) is 0.363. The minimum Gasteiger partial charge on any atom is -0.478 e. The van der Waals surface area contributed by atoms with Crippen molar-refractivity contribution in [1.29, 1.82) is 0 Å². The Morgan fingerprint density at radius 3 is 2.19 bits per heavy atom. The van der Waals surface area contributed by atoms with E-state index in [4.69, 9.17) is 14.9 Å². The molecule has 0 spiro atoms. The molecule has 2 bridgehead atoms. The summed E-state index contributed by atoms with van der Waals surface area (Å²) in [4.78, 5) is 20.7. The predicted octanol–water partition coefficient (Wildman–Crippen LogP) is 5.27. The number of benzene rings is 2. The fourth-order valence-electron chi connectivity index (χ4n) is 3.26. The number of carboxylic acid groups (broad SMARTS) is 1. The van der Waals surface area contributed by atoms with Crippen LogP contribution >= 0.6 is 0 Å². The van der Waals surface area contributed by atoms with E-state index in [0.29, 0.717) is 12.4 Å². The lowest BCUT2D eigenvalue weighted by Gasteiger charge is -2.05. The molecular formula is C23H24O4. The minimum atomic E-state index is -0.975. The molecule has 1 saturated carbocycles. The maximum atomic E-state index is 10.4. The maximum absolute atomic E-state index is 10.4. The molecule has 2 aliphatic carbocycles. The highest BCUT2D eigenvalue weighted by Crippen LogP contribution is 2.38. The fourth-order valence-corrected chi connectivity index (χ4v) is 3.26. The molecule has 2 aromatic carbocycles. The van der Waals surface area contributed by atoms with Gasteiger partial charge in [-0.05, 0) is 60.4 Å². The number of allylic oxidation sites excluding steroid dienone is 2. The maximum Gasteiger partial charge on any atom is 0.328 e. The van der Waals surface area contributed by atoms with Crippen LogP contribution in [0.25, 0.3) is 6.08 Å². The lowest BCUT2D eigenvalue weighted by Crippen LogP contribution is -1.97. The standard InChI is InChI=1S/C16H14O4.C7H10/c17-16(18)11-8-13-6-9-15(10-7-13)20-19-12-14-4-2-1-3-5-14;1-2-7-4-3-6(1)5-7/h1-11H,12H2,(H,17,18);1-2,6-7H,3-5H2. The highest BCUT2D eigenvalue weighted by Gasteiger charge is 2.25. The number of carboxylic acids is 1. The molecule has 2 aromatic rings. The van der Waals surface area contributed by atoms with Gasteiger partial charge in [0.05, 0.1) is 0 Å². The predicted molar refractivity (Wildman–Crippen MR) is 105 cm³/mol. The van der Waals surface area contributed by atoms with Crippen molar-refractivity contribution < 1.29 is 19.7 Å². The van der Waals surface area contributed by atoms with E-state index in [1.54, 1.807) is 24.3 Å². The van der Waals surface area contributed by atoms with Crippen LogP contribution in [0.4, 0.5) is 0 Å². The van der Waals surface area contributed by atoms with Crippen molar-refractivity contribution in [3.05, 3.63) is 84.0 Å². The van der Waals surface area contributed by atoms with E-state index in [-0.39, 0.29) is 0 Å². The van der Waals surface area contributed by atoms with Crippen LogP contribution in [0.15, 0.2) is 72.8 Å².